The summed E-state index contributed by atoms with van der Waals surface area (Å²) in [7, 11) is 1.92. The molecule has 1 aromatic carbocycles. The first-order chi connectivity index (χ1) is 9.47. The predicted molar refractivity (Wildman–Crippen MR) is 81.2 cm³/mol. The third-order valence-electron chi connectivity index (χ3n) is 3.52. The van der Waals surface area contributed by atoms with E-state index < -0.39 is 0 Å². The number of nitrogen functional groups attached to an aromatic ring is 1. The van der Waals surface area contributed by atoms with E-state index in [-0.39, 0.29) is 5.78 Å². The van der Waals surface area contributed by atoms with Gasteiger partial charge in [-0.15, -0.1) is 0 Å². The van der Waals surface area contributed by atoms with E-state index in [2.05, 4.69) is 0 Å². The Hall–Kier alpha value is -2.23. The van der Waals surface area contributed by atoms with Crippen molar-refractivity contribution in [3.63, 3.8) is 0 Å². The minimum absolute atomic E-state index is 0.00668. The monoisotopic (exact) mass is 272 g/mol. The summed E-state index contributed by atoms with van der Waals surface area (Å²) < 4.78 is 7.39. The van der Waals surface area contributed by atoms with Gasteiger partial charge in [0, 0.05) is 18.3 Å². The second-order valence-electron chi connectivity index (χ2n) is 4.80. The number of nitrogens with two attached hydrogens (primary N) is 1. The van der Waals surface area contributed by atoms with Crippen molar-refractivity contribution < 1.29 is 9.53 Å². The van der Waals surface area contributed by atoms with Crippen molar-refractivity contribution in [1.82, 2.24) is 4.57 Å². The molecule has 0 fully saturated rings. The first kappa shape index (κ1) is 14.2. The van der Waals surface area contributed by atoms with Gasteiger partial charge in [0.25, 0.3) is 0 Å². The number of Topliss-reactive ketones (excluding diaryl/α,β-unsaturated/α-hetero) is 1. The quantitative estimate of drug-likeness (QED) is 0.870. The standard InChI is InChI=1S/C16H20N2O2/c1-5-20-13-8-6-12(7-9-13)16-15(17)14(11(3)19)10(2)18(16)4/h6-9H,5,17H2,1-4H3. The summed E-state index contributed by atoms with van der Waals surface area (Å²) in [5, 5.41) is 0. The number of hydrogen-bond acceptors (Lipinski definition) is 3. The number of hydrogen-bond donors (Lipinski definition) is 1. The van der Waals surface area contributed by atoms with E-state index in [9.17, 15) is 4.79 Å². The van der Waals surface area contributed by atoms with Gasteiger partial charge in [0.15, 0.2) is 5.78 Å². The lowest BCUT2D eigenvalue weighted by Gasteiger charge is -2.08. The molecule has 20 heavy (non-hydrogen) atoms. The number of ketones is 1. The Balaban J connectivity index is 2.53. The summed E-state index contributed by atoms with van der Waals surface area (Å²) in [6.07, 6.45) is 0. The van der Waals surface area contributed by atoms with Gasteiger partial charge in [-0.2, -0.15) is 0 Å². The molecule has 2 rings (SSSR count). The van der Waals surface area contributed by atoms with Crippen molar-refractivity contribution in [3.05, 3.63) is 35.5 Å². The smallest absolute Gasteiger partial charge is 0.163 e. The lowest BCUT2D eigenvalue weighted by molar-refractivity contribution is 0.101. The molecule has 0 bridgehead atoms. The van der Waals surface area contributed by atoms with Crippen molar-refractivity contribution in [3.8, 4) is 17.0 Å². The molecular formula is C16H20N2O2. The SMILES string of the molecule is CCOc1ccc(-c2c(N)c(C(C)=O)c(C)n2C)cc1. The second-order valence-corrected chi connectivity index (χ2v) is 4.80. The molecule has 2 aromatic rings. The van der Waals surface area contributed by atoms with Crippen molar-refractivity contribution in [1.29, 1.82) is 0 Å². The van der Waals surface area contributed by atoms with Gasteiger partial charge in [-0.25, -0.2) is 0 Å². The molecule has 0 saturated carbocycles. The third kappa shape index (κ3) is 2.29. The molecule has 0 spiro atoms. The summed E-state index contributed by atoms with van der Waals surface area (Å²) in [6.45, 7) is 6.04. The summed E-state index contributed by atoms with van der Waals surface area (Å²) >= 11 is 0. The van der Waals surface area contributed by atoms with Crippen LogP contribution in [0.25, 0.3) is 11.3 Å². The highest BCUT2D eigenvalue weighted by atomic mass is 16.5. The zero-order valence-corrected chi connectivity index (χ0v) is 12.4. The molecule has 2 N–H and O–H groups in total. The van der Waals surface area contributed by atoms with Crippen LogP contribution < -0.4 is 10.5 Å². The second kappa shape index (κ2) is 5.41. The van der Waals surface area contributed by atoms with Gasteiger partial charge in [-0.05, 0) is 45.0 Å². The van der Waals surface area contributed by atoms with Crippen LogP contribution in [0.15, 0.2) is 24.3 Å². The van der Waals surface area contributed by atoms with Gasteiger partial charge >= 0.3 is 0 Å². The van der Waals surface area contributed by atoms with Crippen LogP contribution in [0.2, 0.25) is 0 Å². The molecule has 4 nitrogen and oxygen atoms in total. The molecule has 0 aliphatic heterocycles. The van der Waals surface area contributed by atoms with Crippen LogP contribution in [0.4, 0.5) is 5.69 Å². The fraction of sp³-hybridized carbons (Fsp3) is 0.312. The van der Waals surface area contributed by atoms with Crippen LogP contribution >= 0.6 is 0 Å². The Labute approximate surface area is 119 Å². The zero-order valence-electron chi connectivity index (χ0n) is 12.4. The van der Waals surface area contributed by atoms with Crippen molar-refractivity contribution in [2.24, 2.45) is 7.05 Å². The number of nitrogens with zero attached hydrogens (tertiary/aromatic N) is 1. The van der Waals surface area contributed by atoms with E-state index in [1.165, 1.54) is 0 Å². The summed E-state index contributed by atoms with van der Waals surface area (Å²) in [4.78, 5) is 11.7. The molecule has 0 radical (unpaired) electrons. The highest BCUT2D eigenvalue weighted by Crippen LogP contribution is 2.34. The maximum Gasteiger partial charge on any atom is 0.163 e. The van der Waals surface area contributed by atoms with Gasteiger partial charge in [0.1, 0.15) is 5.75 Å². The largest absolute Gasteiger partial charge is 0.494 e. The van der Waals surface area contributed by atoms with Crippen LogP contribution in [-0.4, -0.2) is 17.0 Å². The maximum atomic E-state index is 11.7. The number of carbonyl (C=O) groups is 1. The fourth-order valence-corrected chi connectivity index (χ4v) is 2.50. The predicted octanol–water partition coefficient (Wildman–Crippen LogP) is 3.18. The van der Waals surface area contributed by atoms with Crippen LogP contribution in [-0.2, 0) is 7.05 Å². The molecule has 4 heteroatoms. The summed E-state index contributed by atoms with van der Waals surface area (Å²) in [5.74, 6) is 0.820. The van der Waals surface area contributed by atoms with Crippen molar-refractivity contribution in [2.75, 3.05) is 12.3 Å². The van der Waals surface area contributed by atoms with Gasteiger partial charge in [-0.1, -0.05) is 0 Å². The molecule has 0 aliphatic carbocycles. The number of aromatic nitrogens is 1. The minimum atomic E-state index is -0.00668. The van der Waals surface area contributed by atoms with E-state index >= 15 is 0 Å². The molecule has 0 amide bonds. The van der Waals surface area contributed by atoms with E-state index in [0.29, 0.717) is 17.9 Å². The van der Waals surface area contributed by atoms with Crippen LogP contribution in [0.3, 0.4) is 0 Å². The highest BCUT2D eigenvalue weighted by molar-refractivity contribution is 6.04. The number of carbonyl (C=O) groups excluding carboxylic acids is 1. The normalized spacial score (nSPS) is 10.6. The maximum absolute atomic E-state index is 11.7. The van der Waals surface area contributed by atoms with E-state index in [0.717, 1.165) is 22.7 Å². The Morgan fingerprint density at radius 3 is 2.35 bits per heavy atom. The number of benzene rings is 1. The van der Waals surface area contributed by atoms with Gasteiger partial charge < -0.3 is 15.0 Å². The lowest BCUT2D eigenvalue weighted by Crippen LogP contribution is -1.98. The van der Waals surface area contributed by atoms with E-state index in [1.54, 1.807) is 6.92 Å². The van der Waals surface area contributed by atoms with Crippen molar-refractivity contribution >= 4 is 11.5 Å². The number of anilines is 1. The fourth-order valence-electron chi connectivity index (χ4n) is 2.50. The van der Waals surface area contributed by atoms with Gasteiger partial charge in [-0.3, -0.25) is 4.79 Å². The lowest BCUT2D eigenvalue weighted by atomic mass is 10.1. The molecule has 0 unspecified atom stereocenters. The minimum Gasteiger partial charge on any atom is -0.494 e. The van der Waals surface area contributed by atoms with Gasteiger partial charge in [0.2, 0.25) is 0 Å². The Kier molecular flexibility index (Phi) is 3.84. The average molecular weight is 272 g/mol. The summed E-state index contributed by atoms with van der Waals surface area (Å²) in [6, 6.07) is 7.74. The molecule has 1 heterocycles. The van der Waals surface area contributed by atoms with Crippen LogP contribution in [0, 0.1) is 6.92 Å². The number of rotatable bonds is 4. The molecule has 0 saturated heterocycles. The molecule has 106 valence electrons. The van der Waals surface area contributed by atoms with E-state index in [4.69, 9.17) is 10.5 Å². The Bertz CT molecular complexity index is 639. The Morgan fingerprint density at radius 2 is 1.90 bits per heavy atom. The molecule has 1 aromatic heterocycles. The summed E-state index contributed by atoms with van der Waals surface area (Å²) in [5.41, 5.74) is 10.0. The zero-order chi connectivity index (χ0) is 14.9. The van der Waals surface area contributed by atoms with Crippen LogP contribution in [0.5, 0.6) is 5.75 Å². The topological polar surface area (TPSA) is 57.2 Å². The highest BCUT2D eigenvalue weighted by Gasteiger charge is 2.20. The van der Waals surface area contributed by atoms with Crippen LogP contribution in [0.1, 0.15) is 29.9 Å². The molecular weight excluding hydrogens is 252 g/mol. The first-order valence-electron chi connectivity index (χ1n) is 6.66. The number of ether oxygens (including phenoxy) is 1. The average Bonchev–Trinajstić information content (AvgIpc) is 2.62. The molecule has 0 atom stereocenters. The van der Waals surface area contributed by atoms with Gasteiger partial charge in [0.05, 0.1) is 23.6 Å². The van der Waals surface area contributed by atoms with Crippen molar-refractivity contribution in [2.45, 2.75) is 20.8 Å². The van der Waals surface area contributed by atoms with E-state index in [1.807, 2.05) is 49.7 Å². The Morgan fingerprint density at radius 1 is 1.30 bits per heavy atom. The third-order valence-corrected chi connectivity index (χ3v) is 3.52. The molecule has 0 aliphatic rings. The first-order valence-corrected chi connectivity index (χ1v) is 6.66.